The summed E-state index contributed by atoms with van der Waals surface area (Å²) >= 11 is 0. The van der Waals surface area contributed by atoms with Gasteiger partial charge in [-0.2, -0.15) is 0 Å². The first-order chi connectivity index (χ1) is 11.0. The van der Waals surface area contributed by atoms with Gasteiger partial charge in [0.05, 0.1) is 6.54 Å². The summed E-state index contributed by atoms with van der Waals surface area (Å²) < 4.78 is 5.79. The molecule has 0 spiro atoms. The highest BCUT2D eigenvalue weighted by molar-refractivity contribution is 5.81. The summed E-state index contributed by atoms with van der Waals surface area (Å²) in [5, 5.41) is 2.75. The van der Waals surface area contributed by atoms with Crippen molar-refractivity contribution in [1.29, 1.82) is 0 Å². The Morgan fingerprint density at radius 1 is 1.35 bits per heavy atom. The number of carbonyl (C=O) groups excluding carboxylic acids is 1. The number of nitrogens with zero attached hydrogens (tertiary/aromatic N) is 1. The average molecular weight is 315 g/mol. The van der Waals surface area contributed by atoms with E-state index in [4.69, 9.17) is 4.74 Å². The molecule has 1 amide bonds. The SMILES string of the molecule is CCC(Oc1ccccc1C)C(=O)NCc1nc(C)cc(=O)[nH]1. The van der Waals surface area contributed by atoms with Gasteiger partial charge in [-0.3, -0.25) is 9.59 Å². The lowest BCUT2D eigenvalue weighted by molar-refractivity contribution is -0.128. The molecule has 0 saturated heterocycles. The van der Waals surface area contributed by atoms with Gasteiger partial charge in [0.2, 0.25) is 0 Å². The molecule has 0 bridgehead atoms. The Bertz CT molecular complexity index is 740. The molecule has 0 aliphatic carbocycles. The van der Waals surface area contributed by atoms with Gasteiger partial charge in [-0.05, 0) is 31.9 Å². The zero-order valence-electron chi connectivity index (χ0n) is 13.6. The standard InChI is InChI=1S/C17H21N3O3/c1-4-13(23-14-8-6-5-7-11(14)2)17(22)18-10-15-19-12(3)9-16(21)20-15/h5-9,13H,4,10H2,1-3H3,(H,18,22)(H,19,20,21). The molecule has 0 fully saturated rings. The van der Waals surface area contributed by atoms with Crippen LogP contribution in [-0.4, -0.2) is 22.0 Å². The minimum Gasteiger partial charge on any atom is -0.480 e. The summed E-state index contributed by atoms with van der Waals surface area (Å²) in [5.74, 6) is 0.880. The molecule has 0 radical (unpaired) electrons. The van der Waals surface area contributed by atoms with Gasteiger partial charge in [-0.15, -0.1) is 0 Å². The topological polar surface area (TPSA) is 84.1 Å². The number of aryl methyl sites for hydroxylation is 2. The maximum atomic E-state index is 12.3. The summed E-state index contributed by atoms with van der Waals surface area (Å²) in [4.78, 5) is 30.4. The normalized spacial score (nSPS) is 11.8. The molecule has 1 unspecified atom stereocenters. The molecule has 6 heteroatoms. The van der Waals surface area contributed by atoms with E-state index in [0.29, 0.717) is 23.7 Å². The van der Waals surface area contributed by atoms with Gasteiger partial charge < -0.3 is 15.0 Å². The number of carbonyl (C=O) groups is 1. The van der Waals surface area contributed by atoms with Crippen LogP contribution >= 0.6 is 0 Å². The first-order valence-electron chi connectivity index (χ1n) is 7.56. The minimum atomic E-state index is -0.590. The van der Waals surface area contributed by atoms with E-state index in [2.05, 4.69) is 15.3 Å². The number of hydrogen-bond acceptors (Lipinski definition) is 4. The maximum absolute atomic E-state index is 12.3. The third kappa shape index (κ3) is 4.67. The van der Waals surface area contributed by atoms with Gasteiger partial charge in [0.25, 0.3) is 11.5 Å². The Kier molecular flexibility index (Phi) is 5.51. The summed E-state index contributed by atoms with van der Waals surface area (Å²) in [6.45, 7) is 5.71. The van der Waals surface area contributed by atoms with Gasteiger partial charge in [0.15, 0.2) is 6.10 Å². The highest BCUT2D eigenvalue weighted by atomic mass is 16.5. The van der Waals surface area contributed by atoms with Crippen LogP contribution in [0.4, 0.5) is 0 Å². The third-order valence-corrected chi connectivity index (χ3v) is 3.37. The second-order valence-corrected chi connectivity index (χ2v) is 5.33. The number of para-hydroxylation sites is 1. The Morgan fingerprint density at radius 2 is 2.09 bits per heavy atom. The van der Waals surface area contributed by atoms with E-state index in [0.717, 1.165) is 5.56 Å². The number of aromatic amines is 1. The monoisotopic (exact) mass is 315 g/mol. The van der Waals surface area contributed by atoms with Crippen molar-refractivity contribution in [1.82, 2.24) is 15.3 Å². The lowest BCUT2D eigenvalue weighted by atomic mass is 10.2. The quantitative estimate of drug-likeness (QED) is 0.852. The molecule has 2 rings (SSSR count). The predicted molar refractivity (Wildman–Crippen MR) is 87.3 cm³/mol. The van der Waals surface area contributed by atoms with Crippen LogP contribution in [0.2, 0.25) is 0 Å². The van der Waals surface area contributed by atoms with Crippen LogP contribution in [-0.2, 0) is 11.3 Å². The van der Waals surface area contributed by atoms with Crippen molar-refractivity contribution in [3.63, 3.8) is 0 Å². The Hall–Kier alpha value is -2.63. The third-order valence-electron chi connectivity index (χ3n) is 3.37. The minimum absolute atomic E-state index is 0.156. The fraction of sp³-hybridized carbons (Fsp3) is 0.353. The lowest BCUT2D eigenvalue weighted by Crippen LogP contribution is -2.38. The molecule has 0 saturated carbocycles. The number of amides is 1. The molecule has 2 aromatic rings. The van der Waals surface area contributed by atoms with Crippen molar-refractivity contribution in [2.24, 2.45) is 0 Å². The zero-order chi connectivity index (χ0) is 16.8. The number of aromatic nitrogens is 2. The average Bonchev–Trinajstić information content (AvgIpc) is 2.51. The highest BCUT2D eigenvalue weighted by Crippen LogP contribution is 2.18. The van der Waals surface area contributed by atoms with Crippen LogP contribution in [0.15, 0.2) is 35.1 Å². The van der Waals surface area contributed by atoms with E-state index in [-0.39, 0.29) is 18.0 Å². The fourth-order valence-corrected chi connectivity index (χ4v) is 2.17. The molecule has 122 valence electrons. The maximum Gasteiger partial charge on any atom is 0.261 e. The fourth-order valence-electron chi connectivity index (χ4n) is 2.17. The number of benzene rings is 1. The first kappa shape index (κ1) is 16.7. The second kappa shape index (κ2) is 7.58. The molecule has 6 nitrogen and oxygen atoms in total. The van der Waals surface area contributed by atoms with Crippen LogP contribution in [0.3, 0.4) is 0 Å². The lowest BCUT2D eigenvalue weighted by Gasteiger charge is -2.18. The van der Waals surface area contributed by atoms with Crippen LogP contribution in [0.1, 0.15) is 30.4 Å². The largest absolute Gasteiger partial charge is 0.480 e. The highest BCUT2D eigenvalue weighted by Gasteiger charge is 2.19. The first-order valence-corrected chi connectivity index (χ1v) is 7.56. The molecule has 1 heterocycles. The molecule has 2 N–H and O–H groups in total. The van der Waals surface area contributed by atoms with Crippen LogP contribution in [0.5, 0.6) is 5.75 Å². The molecule has 23 heavy (non-hydrogen) atoms. The van der Waals surface area contributed by atoms with E-state index in [1.165, 1.54) is 6.07 Å². The number of hydrogen-bond donors (Lipinski definition) is 2. The Labute approximate surface area is 134 Å². The van der Waals surface area contributed by atoms with Crippen LogP contribution in [0, 0.1) is 13.8 Å². The van der Waals surface area contributed by atoms with Gasteiger partial charge in [0.1, 0.15) is 11.6 Å². The van der Waals surface area contributed by atoms with Crippen molar-refractivity contribution < 1.29 is 9.53 Å². The second-order valence-electron chi connectivity index (χ2n) is 5.33. The number of ether oxygens (including phenoxy) is 1. The Balaban J connectivity index is 2.00. The molecular weight excluding hydrogens is 294 g/mol. The van der Waals surface area contributed by atoms with Crippen LogP contribution < -0.4 is 15.6 Å². The van der Waals surface area contributed by atoms with Crippen molar-refractivity contribution in [2.45, 2.75) is 39.8 Å². The summed E-state index contributed by atoms with van der Waals surface area (Å²) in [7, 11) is 0. The van der Waals surface area contributed by atoms with Gasteiger partial charge >= 0.3 is 0 Å². The van der Waals surface area contributed by atoms with Crippen molar-refractivity contribution in [3.05, 3.63) is 57.8 Å². The molecule has 1 atom stereocenters. The van der Waals surface area contributed by atoms with Crippen molar-refractivity contribution in [3.8, 4) is 5.75 Å². The van der Waals surface area contributed by atoms with Gasteiger partial charge in [-0.25, -0.2) is 4.98 Å². The molecule has 0 aliphatic rings. The van der Waals surface area contributed by atoms with Crippen molar-refractivity contribution in [2.75, 3.05) is 0 Å². The zero-order valence-corrected chi connectivity index (χ0v) is 13.6. The molecular formula is C17H21N3O3. The van der Waals surface area contributed by atoms with E-state index in [1.807, 2.05) is 38.1 Å². The number of H-pyrrole nitrogens is 1. The van der Waals surface area contributed by atoms with Crippen molar-refractivity contribution >= 4 is 5.91 Å². The van der Waals surface area contributed by atoms with Gasteiger partial charge in [0, 0.05) is 11.8 Å². The molecule has 1 aromatic carbocycles. The number of nitrogens with one attached hydrogen (secondary N) is 2. The van der Waals surface area contributed by atoms with E-state index < -0.39 is 6.10 Å². The summed E-state index contributed by atoms with van der Waals surface area (Å²) in [6, 6.07) is 8.96. The van der Waals surface area contributed by atoms with E-state index in [1.54, 1.807) is 6.92 Å². The smallest absolute Gasteiger partial charge is 0.261 e. The summed E-state index contributed by atoms with van der Waals surface area (Å²) in [6.07, 6.45) is -0.0505. The van der Waals surface area contributed by atoms with Gasteiger partial charge in [-0.1, -0.05) is 25.1 Å². The van der Waals surface area contributed by atoms with Crippen LogP contribution in [0.25, 0.3) is 0 Å². The molecule has 0 aliphatic heterocycles. The summed E-state index contributed by atoms with van der Waals surface area (Å²) in [5.41, 5.74) is 1.36. The Morgan fingerprint density at radius 3 is 2.74 bits per heavy atom. The van der Waals surface area contributed by atoms with E-state index in [9.17, 15) is 9.59 Å². The van der Waals surface area contributed by atoms with E-state index >= 15 is 0 Å². The predicted octanol–water partition coefficient (Wildman–Crippen LogP) is 1.86. The number of rotatable bonds is 6. The molecule has 1 aromatic heterocycles.